The number of amides is 2. The Morgan fingerprint density at radius 1 is 1.35 bits per heavy atom. The zero-order chi connectivity index (χ0) is 17.6. The first-order valence-corrected chi connectivity index (χ1v) is 7.98. The summed E-state index contributed by atoms with van der Waals surface area (Å²) in [5.74, 6) is -1.72. The van der Waals surface area contributed by atoms with Gasteiger partial charge in [0.1, 0.15) is 6.04 Å². The van der Waals surface area contributed by atoms with Gasteiger partial charge in [-0.3, -0.25) is 9.59 Å². The van der Waals surface area contributed by atoms with Crippen molar-refractivity contribution in [2.45, 2.75) is 46.1 Å². The predicted molar refractivity (Wildman–Crippen MR) is 84.8 cm³/mol. The maximum absolute atomic E-state index is 12.3. The van der Waals surface area contributed by atoms with E-state index in [2.05, 4.69) is 5.32 Å². The molecule has 0 aromatic rings. The smallest absolute Gasteiger partial charge is 0.326 e. The zero-order valence-electron chi connectivity index (χ0n) is 14.4. The molecule has 7 nitrogen and oxygen atoms in total. The highest BCUT2D eigenvalue weighted by Crippen LogP contribution is 2.23. The Labute approximate surface area is 137 Å². The van der Waals surface area contributed by atoms with Crippen LogP contribution >= 0.6 is 0 Å². The fourth-order valence-corrected chi connectivity index (χ4v) is 2.63. The number of carbonyl (C=O) groups excluding carboxylic acids is 2. The van der Waals surface area contributed by atoms with Gasteiger partial charge in [0, 0.05) is 38.6 Å². The number of likely N-dealkylation sites (tertiary alicyclic amines) is 1. The normalized spacial score (nSPS) is 20.0. The highest BCUT2D eigenvalue weighted by molar-refractivity contribution is 5.86. The molecule has 0 spiro atoms. The summed E-state index contributed by atoms with van der Waals surface area (Å²) in [5, 5.41) is 11.7. The maximum atomic E-state index is 12.3. The lowest BCUT2D eigenvalue weighted by atomic mass is 9.90. The van der Waals surface area contributed by atoms with Crippen LogP contribution in [0.25, 0.3) is 0 Å². The Bertz CT molecular complexity index is 444. The number of ether oxygens (including phenoxy) is 1. The lowest BCUT2D eigenvalue weighted by Gasteiger charge is -2.36. The van der Waals surface area contributed by atoms with Gasteiger partial charge in [0.15, 0.2) is 0 Å². The van der Waals surface area contributed by atoms with Crippen molar-refractivity contribution in [2.75, 3.05) is 26.8 Å². The van der Waals surface area contributed by atoms with E-state index in [0.29, 0.717) is 19.5 Å². The third-order valence-electron chi connectivity index (χ3n) is 3.95. The molecule has 23 heavy (non-hydrogen) atoms. The van der Waals surface area contributed by atoms with Crippen molar-refractivity contribution < 1.29 is 24.2 Å². The molecule has 2 N–H and O–H groups in total. The lowest BCUT2D eigenvalue weighted by molar-refractivity contribution is -0.146. The van der Waals surface area contributed by atoms with Gasteiger partial charge in [-0.05, 0) is 12.8 Å². The van der Waals surface area contributed by atoms with Crippen molar-refractivity contribution in [1.29, 1.82) is 0 Å². The van der Waals surface area contributed by atoms with Crippen molar-refractivity contribution in [2.24, 2.45) is 11.3 Å². The Balaban J connectivity index is 2.65. The Morgan fingerprint density at radius 2 is 2.00 bits per heavy atom. The molecule has 0 aliphatic carbocycles. The molecule has 0 aromatic carbocycles. The molecule has 1 saturated heterocycles. The summed E-state index contributed by atoms with van der Waals surface area (Å²) in [4.78, 5) is 37.6. The van der Waals surface area contributed by atoms with Crippen molar-refractivity contribution in [1.82, 2.24) is 10.2 Å². The monoisotopic (exact) mass is 328 g/mol. The quantitative estimate of drug-likeness (QED) is 0.754. The van der Waals surface area contributed by atoms with Gasteiger partial charge in [0.05, 0.1) is 5.92 Å². The lowest BCUT2D eigenvalue weighted by Crippen LogP contribution is -2.51. The molecule has 1 aliphatic rings. The van der Waals surface area contributed by atoms with E-state index in [1.165, 1.54) is 7.11 Å². The fraction of sp³-hybridized carbons (Fsp3) is 0.812. The summed E-state index contributed by atoms with van der Waals surface area (Å²) < 4.78 is 4.87. The number of nitrogens with zero attached hydrogens (tertiary/aromatic N) is 1. The first-order valence-electron chi connectivity index (χ1n) is 7.98. The average molecular weight is 328 g/mol. The molecule has 2 amide bonds. The van der Waals surface area contributed by atoms with Crippen LogP contribution in [0.3, 0.4) is 0 Å². The number of methoxy groups -OCH3 is 1. The van der Waals surface area contributed by atoms with Crippen LogP contribution in [0.1, 0.15) is 40.0 Å². The second kappa shape index (κ2) is 8.29. The van der Waals surface area contributed by atoms with Crippen LogP contribution in [0.5, 0.6) is 0 Å². The third-order valence-corrected chi connectivity index (χ3v) is 3.95. The van der Waals surface area contributed by atoms with Gasteiger partial charge in [0.2, 0.25) is 11.8 Å². The average Bonchev–Trinajstić information content (AvgIpc) is 2.49. The number of aliphatic carboxylic acids is 1. The molecular weight excluding hydrogens is 300 g/mol. The predicted octanol–water partition coefficient (Wildman–Crippen LogP) is 0.877. The number of carboxylic acids is 1. The molecule has 0 bridgehead atoms. The van der Waals surface area contributed by atoms with E-state index in [1.54, 1.807) is 4.90 Å². The number of hydrogen-bond donors (Lipinski definition) is 2. The van der Waals surface area contributed by atoms with E-state index in [1.807, 2.05) is 20.8 Å². The molecule has 1 aliphatic heterocycles. The molecule has 7 heteroatoms. The van der Waals surface area contributed by atoms with E-state index >= 15 is 0 Å². The van der Waals surface area contributed by atoms with Gasteiger partial charge in [0.25, 0.3) is 0 Å². The molecular formula is C16H28N2O5. The Morgan fingerprint density at radius 3 is 2.52 bits per heavy atom. The summed E-state index contributed by atoms with van der Waals surface area (Å²) >= 11 is 0. The first kappa shape index (κ1) is 19.4. The second-order valence-corrected chi connectivity index (χ2v) is 7.02. The largest absolute Gasteiger partial charge is 0.480 e. The van der Waals surface area contributed by atoms with E-state index in [4.69, 9.17) is 9.84 Å². The van der Waals surface area contributed by atoms with Crippen LogP contribution in [0.2, 0.25) is 0 Å². The number of rotatable bonds is 6. The Kier molecular flexibility index (Phi) is 7.00. The van der Waals surface area contributed by atoms with Gasteiger partial charge in [-0.1, -0.05) is 20.8 Å². The molecule has 2 atom stereocenters. The van der Waals surface area contributed by atoms with Gasteiger partial charge in [-0.2, -0.15) is 0 Å². The van der Waals surface area contributed by atoms with Crippen LogP contribution in [-0.2, 0) is 19.1 Å². The summed E-state index contributed by atoms with van der Waals surface area (Å²) in [5.41, 5.74) is -0.486. The zero-order valence-corrected chi connectivity index (χ0v) is 14.4. The standard InChI is InChI=1S/C16H28N2O5/c1-16(2,3)15(22)18-8-5-6-11(10-18)13(19)17-12(14(20)21)7-9-23-4/h11-12H,5-10H2,1-4H3,(H,17,19)(H,20,21). The second-order valence-electron chi connectivity index (χ2n) is 7.02. The van der Waals surface area contributed by atoms with Crippen LogP contribution in [-0.4, -0.2) is 60.6 Å². The molecule has 0 radical (unpaired) electrons. The van der Waals surface area contributed by atoms with E-state index in [0.717, 1.165) is 6.42 Å². The van der Waals surface area contributed by atoms with Crippen molar-refractivity contribution >= 4 is 17.8 Å². The van der Waals surface area contributed by atoms with Crippen molar-refractivity contribution in [3.63, 3.8) is 0 Å². The minimum absolute atomic E-state index is 0.0177. The van der Waals surface area contributed by atoms with Gasteiger partial charge in [-0.15, -0.1) is 0 Å². The number of piperidine rings is 1. The summed E-state index contributed by atoms with van der Waals surface area (Å²) in [7, 11) is 1.48. The molecule has 1 heterocycles. The van der Waals surface area contributed by atoms with Crippen molar-refractivity contribution in [3.8, 4) is 0 Å². The van der Waals surface area contributed by atoms with Gasteiger partial charge < -0.3 is 20.1 Å². The molecule has 2 unspecified atom stereocenters. The number of carbonyl (C=O) groups is 3. The van der Waals surface area contributed by atoms with E-state index in [-0.39, 0.29) is 30.8 Å². The number of hydrogen-bond acceptors (Lipinski definition) is 4. The molecule has 1 rings (SSSR count). The molecule has 1 fully saturated rings. The van der Waals surface area contributed by atoms with Crippen LogP contribution < -0.4 is 5.32 Å². The minimum Gasteiger partial charge on any atom is -0.480 e. The van der Waals surface area contributed by atoms with E-state index in [9.17, 15) is 14.4 Å². The Hall–Kier alpha value is -1.63. The SMILES string of the molecule is COCCC(NC(=O)C1CCCN(C(=O)C(C)(C)C)C1)C(=O)O. The fourth-order valence-electron chi connectivity index (χ4n) is 2.63. The maximum Gasteiger partial charge on any atom is 0.326 e. The minimum atomic E-state index is -1.08. The van der Waals surface area contributed by atoms with Crippen LogP contribution in [0.4, 0.5) is 0 Å². The highest BCUT2D eigenvalue weighted by Gasteiger charge is 2.34. The molecule has 132 valence electrons. The highest BCUT2D eigenvalue weighted by atomic mass is 16.5. The van der Waals surface area contributed by atoms with E-state index < -0.39 is 17.4 Å². The summed E-state index contributed by atoms with van der Waals surface area (Å²) in [6, 6.07) is -0.962. The van der Waals surface area contributed by atoms with Gasteiger partial charge in [-0.25, -0.2) is 4.79 Å². The third kappa shape index (κ3) is 5.82. The topological polar surface area (TPSA) is 95.9 Å². The summed E-state index contributed by atoms with van der Waals surface area (Å²) in [6.07, 6.45) is 1.63. The number of carboxylic acid groups (broad SMARTS) is 1. The molecule has 0 aromatic heterocycles. The number of nitrogens with one attached hydrogen (secondary N) is 1. The van der Waals surface area contributed by atoms with Gasteiger partial charge >= 0.3 is 5.97 Å². The first-order chi connectivity index (χ1) is 10.7. The van der Waals surface area contributed by atoms with Crippen LogP contribution in [0.15, 0.2) is 0 Å². The van der Waals surface area contributed by atoms with Crippen molar-refractivity contribution in [3.05, 3.63) is 0 Å². The summed E-state index contributed by atoms with van der Waals surface area (Å²) in [6.45, 7) is 6.81. The van der Waals surface area contributed by atoms with Crippen LogP contribution in [0, 0.1) is 11.3 Å². The molecule has 0 saturated carbocycles.